The second kappa shape index (κ2) is 72.5. The molecule has 0 amide bonds. The van der Waals surface area contributed by atoms with Crippen molar-refractivity contribution in [2.45, 2.75) is 296 Å². The number of likely N-dealkylation sites (N-methyl/N-ethyl adjacent to an activating group) is 1. The van der Waals surface area contributed by atoms with Crippen LogP contribution < -0.4 is 0 Å². The number of allylic oxidation sites excluding steroid dienone is 28. The molecule has 526 valence electrons. The Hall–Kier alpha value is -5.35. The van der Waals surface area contributed by atoms with Crippen molar-refractivity contribution in [1.29, 1.82) is 0 Å². The van der Waals surface area contributed by atoms with Gasteiger partial charge in [0.15, 0.2) is 6.10 Å². The van der Waals surface area contributed by atoms with Gasteiger partial charge in [0.2, 0.25) is 0 Å². The second-order valence-corrected chi connectivity index (χ2v) is 25.5. The fraction of sp³-hybridized carbons (Fsp3) is 0.631. The number of ether oxygens (including phenoxy) is 4. The fourth-order valence-corrected chi connectivity index (χ4v) is 9.86. The van der Waals surface area contributed by atoms with E-state index in [0.717, 1.165) is 148 Å². The molecule has 0 saturated heterocycles. The minimum Gasteiger partial charge on any atom is -0.477 e. The number of aliphatic carboxylic acids is 1. The molecule has 0 aliphatic rings. The summed E-state index contributed by atoms with van der Waals surface area (Å²) in [5, 5.41) is 9.76. The van der Waals surface area contributed by atoms with Gasteiger partial charge in [-0.25, -0.2) is 4.79 Å². The van der Waals surface area contributed by atoms with Crippen LogP contribution in [0.15, 0.2) is 170 Å². The third-order valence-electron chi connectivity index (χ3n) is 15.5. The minimum atomic E-state index is -1.53. The third kappa shape index (κ3) is 73.9. The van der Waals surface area contributed by atoms with E-state index in [1.165, 1.54) is 103 Å². The Morgan fingerprint density at radius 3 is 0.860 bits per heavy atom. The summed E-state index contributed by atoms with van der Waals surface area (Å²) >= 11 is 0. The van der Waals surface area contributed by atoms with Crippen molar-refractivity contribution in [2.75, 3.05) is 47.5 Å². The first-order valence-corrected chi connectivity index (χ1v) is 37.3. The highest BCUT2D eigenvalue weighted by Crippen LogP contribution is 2.17. The Kier molecular flexibility index (Phi) is 68.3. The number of quaternary nitrogens is 1. The van der Waals surface area contributed by atoms with E-state index in [1.54, 1.807) is 0 Å². The average molecular weight is 1290 g/mol. The topological polar surface area (TPSA) is 108 Å². The lowest BCUT2D eigenvalue weighted by Gasteiger charge is -2.25. The van der Waals surface area contributed by atoms with Gasteiger partial charge in [-0.1, -0.05) is 312 Å². The largest absolute Gasteiger partial charge is 0.477 e. The molecule has 0 spiro atoms. The van der Waals surface area contributed by atoms with Gasteiger partial charge >= 0.3 is 17.9 Å². The number of rotatable bonds is 67. The molecule has 0 aromatic rings. The molecule has 2 atom stereocenters. The lowest BCUT2D eigenvalue weighted by Crippen LogP contribution is -2.40. The van der Waals surface area contributed by atoms with Crippen LogP contribution in [-0.2, 0) is 33.3 Å². The van der Waals surface area contributed by atoms with E-state index in [1.807, 2.05) is 21.1 Å². The van der Waals surface area contributed by atoms with Crippen LogP contribution in [0, 0.1) is 0 Å². The molecule has 0 rings (SSSR count). The van der Waals surface area contributed by atoms with Gasteiger partial charge in [0.25, 0.3) is 6.29 Å². The Morgan fingerprint density at radius 1 is 0.323 bits per heavy atom. The summed E-state index contributed by atoms with van der Waals surface area (Å²) in [7, 11) is 5.97. The molecule has 0 radical (unpaired) electrons. The average Bonchev–Trinajstić information content (AvgIpc) is 3.73. The van der Waals surface area contributed by atoms with Gasteiger partial charge in [0, 0.05) is 12.8 Å². The summed E-state index contributed by atoms with van der Waals surface area (Å²) in [5.74, 6) is -2.03. The number of unbranched alkanes of at least 4 members (excludes halogenated alkanes) is 24. The zero-order valence-electron chi connectivity index (χ0n) is 60.1. The monoisotopic (exact) mass is 1290 g/mol. The SMILES string of the molecule is CC/C=C\C/C=C\C/C=C\C/C=C\C/C=C\C/C=C\C/C=C\C/C=C\C/C=C\C/C=C\CCCCCCCCC(=O)OC(COC(=O)CCCCCCCCCCCCCCCCCCCC/C=C\C/C=C\C/C=C\C/C=C\CC)COC(OCC[N+](C)(C)C)C(=O)O. The lowest BCUT2D eigenvalue weighted by molar-refractivity contribution is -0.870. The molecule has 93 heavy (non-hydrogen) atoms. The number of carbonyl (C=O) groups is 3. The molecule has 0 aromatic carbocycles. The number of hydrogen-bond acceptors (Lipinski definition) is 7. The first-order valence-electron chi connectivity index (χ1n) is 37.3. The van der Waals surface area contributed by atoms with Gasteiger partial charge < -0.3 is 28.5 Å². The Balaban J connectivity index is 4.17. The van der Waals surface area contributed by atoms with Crippen molar-refractivity contribution in [1.82, 2.24) is 0 Å². The van der Waals surface area contributed by atoms with Gasteiger partial charge in [-0.05, 0) is 128 Å². The highest BCUT2D eigenvalue weighted by molar-refractivity contribution is 5.71. The van der Waals surface area contributed by atoms with Crippen LogP contribution in [0.25, 0.3) is 0 Å². The maximum Gasteiger partial charge on any atom is 0.361 e. The van der Waals surface area contributed by atoms with Crippen LogP contribution in [-0.4, -0.2) is 87.4 Å². The molecule has 0 heterocycles. The molecular formula is C84H138NO8+. The summed E-state index contributed by atoms with van der Waals surface area (Å²) in [5.41, 5.74) is 0. The third-order valence-corrected chi connectivity index (χ3v) is 15.5. The minimum absolute atomic E-state index is 0.177. The van der Waals surface area contributed by atoms with Crippen molar-refractivity contribution in [3.63, 3.8) is 0 Å². The zero-order valence-corrected chi connectivity index (χ0v) is 60.1. The number of hydrogen-bond donors (Lipinski definition) is 1. The zero-order chi connectivity index (χ0) is 67.5. The van der Waals surface area contributed by atoms with Gasteiger partial charge in [-0.15, -0.1) is 0 Å². The smallest absolute Gasteiger partial charge is 0.361 e. The highest BCUT2D eigenvalue weighted by Gasteiger charge is 2.25. The Bertz CT molecular complexity index is 2140. The summed E-state index contributed by atoms with van der Waals surface area (Å²) in [6, 6.07) is 0. The molecule has 0 fully saturated rings. The number of nitrogens with zero attached hydrogens (tertiary/aromatic N) is 1. The van der Waals surface area contributed by atoms with Crippen LogP contribution in [0.5, 0.6) is 0 Å². The van der Waals surface area contributed by atoms with Crippen LogP contribution in [0.1, 0.15) is 284 Å². The summed E-state index contributed by atoms with van der Waals surface area (Å²) in [4.78, 5) is 37.7. The van der Waals surface area contributed by atoms with Crippen molar-refractivity contribution in [2.24, 2.45) is 0 Å². The van der Waals surface area contributed by atoms with E-state index in [9.17, 15) is 19.5 Å². The molecule has 0 saturated carbocycles. The van der Waals surface area contributed by atoms with E-state index in [-0.39, 0.29) is 32.2 Å². The second-order valence-electron chi connectivity index (χ2n) is 25.5. The van der Waals surface area contributed by atoms with Gasteiger partial charge in [0.05, 0.1) is 34.4 Å². The number of carboxylic acids is 1. The molecule has 0 bridgehead atoms. The molecular weight excluding hydrogens is 1150 g/mol. The standard InChI is InChI=1S/C84H137NO8/c1-6-8-10-12-14-16-18-20-22-24-26-28-30-32-34-36-38-39-40-41-42-43-45-47-49-51-53-55-57-59-61-63-65-67-69-71-73-75-82(87)93-80(79-92-84(83(88)89)90-77-76-85(3,4)5)78-91-81(86)74-72-70-68-66-64-62-60-58-56-54-52-50-48-46-44-37-35-33-31-29-27-25-23-21-19-17-15-13-11-9-7-2/h8-11,14-17,20-23,26-29,32,34,38-39,41-42,45,47,51,53,57,59,80,84H,6-7,12-13,18-19,24-25,30-31,33,35-37,40,43-44,46,48-50,52,54-56,58,60-79H2,1-5H3/p+1/b10-8-,11-9-,16-14-,17-15-,22-20-,23-21-,28-26-,29-27-,34-32-,39-38-,42-41-,47-45-,53-51-,59-57-. The number of carbonyl (C=O) groups excluding carboxylic acids is 2. The molecule has 0 aromatic heterocycles. The van der Waals surface area contributed by atoms with Gasteiger partial charge in [-0.2, -0.15) is 0 Å². The predicted molar refractivity (Wildman–Crippen MR) is 400 cm³/mol. The van der Waals surface area contributed by atoms with E-state index in [0.29, 0.717) is 23.9 Å². The first kappa shape index (κ1) is 87.7. The maximum atomic E-state index is 13.0. The maximum absolute atomic E-state index is 13.0. The van der Waals surface area contributed by atoms with Crippen LogP contribution in [0.3, 0.4) is 0 Å². The summed E-state index contributed by atoms with van der Waals surface area (Å²) in [6.45, 7) is 4.64. The molecule has 1 N–H and O–H groups in total. The van der Waals surface area contributed by atoms with Crippen LogP contribution in [0.4, 0.5) is 0 Å². The van der Waals surface area contributed by atoms with Gasteiger partial charge in [0.1, 0.15) is 13.2 Å². The van der Waals surface area contributed by atoms with E-state index < -0.39 is 24.3 Å². The number of carboxylic acid groups (broad SMARTS) is 1. The lowest BCUT2D eigenvalue weighted by atomic mass is 10.0. The number of esters is 2. The first-order chi connectivity index (χ1) is 45.6. The van der Waals surface area contributed by atoms with Crippen molar-refractivity contribution < 1.29 is 42.9 Å². The summed E-state index contributed by atoms with van der Waals surface area (Å²) in [6.07, 6.45) is 106. The Labute approximate surface area is 571 Å². The van der Waals surface area contributed by atoms with E-state index in [4.69, 9.17) is 18.9 Å². The molecule has 9 nitrogen and oxygen atoms in total. The molecule has 0 aliphatic carbocycles. The van der Waals surface area contributed by atoms with E-state index >= 15 is 0 Å². The molecule has 0 aliphatic heterocycles. The van der Waals surface area contributed by atoms with Crippen LogP contribution in [0.2, 0.25) is 0 Å². The predicted octanol–water partition coefficient (Wildman–Crippen LogP) is 23.8. The van der Waals surface area contributed by atoms with Crippen molar-refractivity contribution in [3.05, 3.63) is 170 Å². The normalized spacial score (nSPS) is 13.7. The Morgan fingerprint density at radius 2 is 0.581 bits per heavy atom. The van der Waals surface area contributed by atoms with Crippen molar-refractivity contribution in [3.8, 4) is 0 Å². The highest BCUT2D eigenvalue weighted by atomic mass is 16.7. The van der Waals surface area contributed by atoms with Gasteiger partial charge in [-0.3, -0.25) is 9.59 Å². The summed E-state index contributed by atoms with van der Waals surface area (Å²) < 4.78 is 23.0. The van der Waals surface area contributed by atoms with Crippen molar-refractivity contribution >= 4 is 17.9 Å². The molecule has 2 unspecified atom stereocenters. The van der Waals surface area contributed by atoms with E-state index in [2.05, 4.69) is 184 Å². The fourth-order valence-electron chi connectivity index (χ4n) is 9.86. The van der Waals surface area contributed by atoms with Crippen LogP contribution >= 0.6 is 0 Å². The quantitative estimate of drug-likeness (QED) is 0.0211. The molecule has 9 heteroatoms.